The number of halogens is 1. The SMILES string of the molecule is CCCC(C(N)=S)N1CCN(Cc2cccc(F)c2)CC1. The van der Waals surface area contributed by atoms with Crippen LogP contribution in [0.4, 0.5) is 4.39 Å². The number of hydrogen-bond acceptors (Lipinski definition) is 3. The molecule has 1 aromatic carbocycles. The van der Waals surface area contributed by atoms with Gasteiger partial charge in [0.25, 0.3) is 0 Å². The number of piperazine rings is 1. The topological polar surface area (TPSA) is 32.5 Å². The van der Waals surface area contributed by atoms with E-state index in [1.54, 1.807) is 12.1 Å². The molecule has 1 saturated heterocycles. The maximum absolute atomic E-state index is 13.2. The van der Waals surface area contributed by atoms with Crippen LogP contribution in [-0.2, 0) is 6.54 Å². The molecule has 1 aliphatic heterocycles. The summed E-state index contributed by atoms with van der Waals surface area (Å²) in [7, 11) is 0. The van der Waals surface area contributed by atoms with Gasteiger partial charge in [-0.15, -0.1) is 0 Å². The minimum atomic E-state index is -0.164. The van der Waals surface area contributed by atoms with E-state index in [-0.39, 0.29) is 11.9 Å². The van der Waals surface area contributed by atoms with Crippen LogP contribution in [0, 0.1) is 5.82 Å². The second-order valence-corrected chi connectivity index (χ2v) is 6.12. The van der Waals surface area contributed by atoms with Gasteiger partial charge in [-0.2, -0.15) is 0 Å². The lowest BCUT2D eigenvalue weighted by Crippen LogP contribution is -2.53. The summed E-state index contributed by atoms with van der Waals surface area (Å²) in [4.78, 5) is 5.34. The fraction of sp³-hybridized carbons (Fsp3) is 0.562. The van der Waals surface area contributed by atoms with Crippen molar-refractivity contribution in [1.82, 2.24) is 9.80 Å². The third-order valence-corrected chi connectivity index (χ3v) is 4.31. The predicted molar refractivity (Wildman–Crippen MR) is 88.7 cm³/mol. The lowest BCUT2D eigenvalue weighted by Gasteiger charge is -2.39. The molecule has 1 fully saturated rings. The second kappa shape index (κ2) is 7.82. The molecule has 1 heterocycles. The first-order valence-electron chi connectivity index (χ1n) is 7.60. The van der Waals surface area contributed by atoms with Crippen molar-refractivity contribution >= 4 is 17.2 Å². The lowest BCUT2D eigenvalue weighted by molar-refractivity contribution is 0.110. The van der Waals surface area contributed by atoms with Crippen LogP contribution in [0.2, 0.25) is 0 Å². The molecule has 1 aromatic rings. The molecule has 5 heteroatoms. The molecule has 1 atom stereocenters. The van der Waals surface area contributed by atoms with Crippen molar-refractivity contribution in [2.75, 3.05) is 26.2 Å². The van der Waals surface area contributed by atoms with Crippen molar-refractivity contribution in [3.05, 3.63) is 35.6 Å². The second-order valence-electron chi connectivity index (χ2n) is 5.65. The van der Waals surface area contributed by atoms with E-state index in [4.69, 9.17) is 18.0 Å². The van der Waals surface area contributed by atoms with E-state index in [0.29, 0.717) is 4.99 Å². The van der Waals surface area contributed by atoms with E-state index in [0.717, 1.165) is 51.1 Å². The Bertz CT molecular complexity index is 472. The summed E-state index contributed by atoms with van der Waals surface area (Å²) >= 11 is 5.19. The van der Waals surface area contributed by atoms with Crippen LogP contribution in [0.5, 0.6) is 0 Å². The third-order valence-electron chi connectivity index (χ3n) is 4.03. The molecule has 0 aromatic heterocycles. The Morgan fingerprint density at radius 3 is 2.62 bits per heavy atom. The van der Waals surface area contributed by atoms with Gasteiger partial charge in [0.1, 0.15) is 5.82 Å². The lowest BCUT2D eigenvalue weighted by atomic mass is 10.1. The van der Waals surface area contributed by atoms with Crippen LogP contribution in [0.3, 0.4) is 0 Å². The molecular formula is C16H24FN3S. The van der Waals surface area contributed by atoms with Gasteiger partial charge < -0.3 is 5.73 Å². The first-order valence-corrected chi connectivity index (χ1v) is 8.01. The molecule has 0 bridgehead atoms. The molecule has 0 radical (unpaired) electrons. The average molecular weight is 309 g/mol. The average Bonchev–Trinajstić information content (AvgIpc) is 2.45. The van der Waals surface area contributed by atoms with Crippen LogP contribution in [0.15, 0.2) is 24.3 Å². The summed E-state index contributed by atoms with van der Waals surface area (Å²) in [5.74, 6) is -0.164. The first kappa shape index (κ1) is 16.3. The molecule has 21 heavy (non-hydrogen) atoms. The highest BCUT2D eigenvalue weighted by Crippen LogP contribution is 2.14. The zero-order valence-corrected chi connectivity index (χ0v) is 13.4. The highest BCUT2D eigenvalue weighted by Gasteiger charge is 2.24. The highest BCUT2D eigenvalue weighted by atomic mass is 32.1. The molecule has 0 aliphatic carbocycles. The summed E-state index contributed by atoms with van der Waals surface area (Å²) in [6.45, 7) is 6.84. The van der Waals surface area contributed by atoms with Crippen molar-refractivity contribution in [3.8, 4) is 0 Å². The predicted octanol–water partition coefficient (Wildman–Crippen LogP) is 2.40. The summed E-state index contributed by atoms with van der Waals surface area (Å²) in [5, 5.41) is 0. The van der Waals surface area contributed by atoms with E-state index in [2.05, 4.69) is 16.7 Å². The molecule has 116 valence electrons. The number of rotatable bonds is 6. The largest absolute Gasteiger partial charge is 0.392 e. The Morgan fingerprint density at radius 1 is 1.33 bits per heavy atom. The van der Waals surface area contributed by atoms with Gasteiger partial charge in [-0.05, 0) is 24.1 Å². The van der Waals surface area contributed by atoms with Crippen LogP contribution >= 0.6 is 12.2 Å². The minimum Gasteiger partial charge on any atom is -0.392 e. The Kier molecular flexibility index (Phi) is 6.08. The standard InChI is InChI=1S/C16H24FN3S/c1-2-4-15(16(18)21)20-9-7-19(8-10-20)12-13-5-3-6-14(17)11-13/h3,5-6,11,15H,2,4,7-10,12H2,1H3,(H2,18,21). The highest BCUT2D eigenvalue weighted by molar-refractivity contribution is 7.80. The fourth-order valence-electron chi connectivity index (χ4n) is 2.90. The minimum absolute atomic E-state index is 0.164. The van der Waals surface area contributed by atoms with Gasteiger partial charge in [0, 0.05) is 32.7 Å². The fourth-order valence-corrected chi connectivity index (χ4v) is 3.17. The zero-order valence-electron chi connectivity index (χ0n) is 12.6. The maximum Gasteiger partial charge on any atom is 0.123 e. The third kappa shape index (κ3) is 4.73. The number of nitrogens with two attached hydrogens (primary N) is 1. The summed E-state index contributed by atoms with van der Waals surface area (Å²) < 4.78 is 13.2. The number of benzene rings is 1. The summed E-state index contributed by atoms with van der Waals surface area (Å²) in [6.07, 6.45) is 2.12. The van der Waals surface area contributed by atoms with Crippen LogP contribution < -0.4 is 5.73 Å². The molecule has 1 unspecified atom stereocenters. The Morgan fingerprint density at radius 2 is 2.05 bits per heavy atom. The van der Waals surface area contributed by atoms with E-state index < -0.39 is 0 Å². The molecule has 1 aliphatic rings. The summed E-state index contributed by atoms with van der Waals surface area (Å²) in [5.41, 5.74) is 6.89. The zero-order chi connectivity index (χ0) is 15.2. The quantitative estimate of drug-likeness (QED) is 0.818. The van der Waals surface area contributed by atoms with Crippen molar-refractivity contribution in [3.63, 3.8) is 0 Å². The van der Waals surface area contributed by atoms with Crippen molar-refractivity contribution < 1.29 is 4.39 Å². The normalized spacial score (nSPS) is 18.6. The van der Waals surface area contributed by atoms with Crippen LogP contribution in [-0.4, -0.2) is 47.0 Å². The van der Waals surface area contributed by atoms with Crippen molar-refractivity contribution in [2.24, 2.45) is 5.73 Å². The van der Waals surface area contributed by atoms with Crippen LogP contribution in [0.25, 0.3) is 0 Å². The molecule has 2 N–H and O–H groups in total. The van der Waals surface area contributed by atoms with Gasteiger partial charge >= 0.3 is 0 Å². The molecule has 0 amide bonds. The monoisotopic (exact) mass is 309 g/mol. The Balaban J connectivity index is 1.86. The van der Waals surface area contributed by atoms with Gasteiger partial charge in [-0.25, -0.2) is 4.39 Å². The molecule has 0 saturated carbocycles. The Hall–Kier alpha value is -1.04. The van der Waals surface area contributed by atoms with E-state index in [1.165, 1.54) is 6.07 Å². The van der Waals surface area contributed by atoms with Gasteiger partial charge in [-0.1, -0.05) is 37.7 Å². The van der Waals surface area contributed by atoms with Crippen molar-refractivity contribution in [1.29, 1.82) is 0 Å². The maximum atomic E-state index is 13.2. The molecule has 2 rings (SSSR count). The number of hydrogen-bond donors (Lipinski definition) is 1. The van der Waals surface area contributed by atoms with E-state index in [9.17, 15) is 4.39 Å². The van der Waals surface area contributed by atoms with Gasteiger partial charge in [0.2, 0.25) is 0 Å². The Labute approximate surface area is 131 Å². The first-order chi connectivity index (χ1) is 10.1. The van der Waals surface area contributed by atoms with Crippen molar-refractivity contribution in [2.45, 2.75) is 32.4 Å². The van der Waals surface area contributed by atoms with E-state index in [1.807, 2.05) is 6.07 Å². The summed E-state index contributed by atoms with van der Waals surface area (Å²) in [6, 6.07) is 7.07. The molecule has 3 nitrogen and oxygen atoms in total. The van der Waals surface area contributed by atoms with Gasteiger partial charge in [-0.3, -0.25) is 9.80 Å². The number of nitrogens with zero attached hydrogens (tertiary/aromatic N) is 2. The molecule has 0 spiro atoms. The van der Waals surface area contributed by atoms with Gasteiger partial charge in [0.05, 0.1) is 11.0 Å². The van der Waals surface area contributed by atoms with Crippen LogP contribution in [0.1, 0.15) is 25.3 Å². The van der Waals surface area contributed by atoms with E-state index >= 15 is 0 Å². The smallest absolute Gasteiger partial charge is 0.123 e. The van der Waals surface area contributed by atoms with Gasteiger partial charge in [0.15, 0.2) is 0 Å². The molecular weight excluding hydrogens is 285 g/mol. The number of thiocarbonyl (C=S) groups is 1.